The fourth-order valence-electron chi connectivity index (χ4n) is 1.63. The van der Waals surface area contributed by atoms with E-state index < -0.39 is 0 Å². The molecule has 0 saturated heterocycles. The van der Waals surface area contributed by atoms with Crippen LogP contribution >= 0.6 is 27.5 Å². The van der Waals surface area contributed by atoms with E-state index in [-0.39, 0.29) is 0 Å². The zero-order valence-corrected chi connectivity index (χ0v) is 12.7. The first-order valence-electron chi connectivity index (χ1n) is 6.12. The van der Waals surface area contributed by atoms with E-state index in [1.54, 1.807) is 0 Å². The van der Waals surface area contributed by atoms with E-state index in [0.29, 0.717) is 11.6 Å². The highest BCUT2D eigenvalue weighted by molar-refractivity contribution is 9.10. The van der Waals surface area contributed by atoms with E-state index in [1.165, 1.54) is 0 Å². The van der Waals surface area contributed by atoms with Gasteiger partial charge in [0.15, 0.2) is 0 Å². The maximum Gasteiger partial charge on any atom is 0.139 e. The van der Waals surface area contributed by atoms with Gasteiger partial charge in [0.05, 0.1) is 11.6 Å². The molecule has 0 aliphatic heterocycles. The van der Waals surface area contributed by atoms with Gasteiger partial charge in [-0.3, -0.25) is 0 Å². The summed E-state index contributed by atoms with van der Waals surface area (Å²) < 4.78 is 6.62. The Labute approximate surface area is 126 Å². The number of ether oxygens (including phenoxy) is 1. The minimum Gasteiger partial charge on any atom is -0.492 e. The maximum atomic E-state index is 6.04. The molecule has 1 N–H and O–H groups in total. The number of rotatable bonds is 6. The largest absolute Gasteiger partial charge is 0.492 e. The van der Waals surface area contributed by atoms with Crippen LogP contribution in [0.3, 0.4) is 0 Å². The van der Waals surface area contributed by atoms with Crippen LogP contribution in [0.2, 0.25) is 5.02 Å². The van der Waals surface area contributed by atoms with Crippen molar-refractivity contribution in [2.75, 3.05) is 18.5 Å². The molecule has 0 saturated carbocycles. The molecular weight excluding hydrogens is 326 g/mol. The lowest BCUT2D eigenvalue weighted by Crippen LogP contribution is -2.07. The van der Waals surface area contributed by atoms with Gasteiger partial charge in [0.2, 0.25) is 0 Å². The molecule has 4 heteroatoms. The number of benzene rings is 2. The van der Waals surface area contributed by atoms with Gasteiger partial charge in [-0.2, -0.15) is 0 Å². The summed E-state index contributed by atoms with van der Waals surface area (Å²) in [6, 6.07) is 15.7. The standard InChI is InChI=1S/C15H15BrClNO/c16-12-7-8-14(17)15(11-12)19-10-4-9-18-13-5-2-1-3-6-13/h1-3,5-8,11,18H,4,9-10H2. The number of para-hydroxylation sites is 1. The predicted molar refractivity (Wildman–Crippen MR) is 84.2 cm³/mol. The summed E-state index contributed by atoms with van der Waals surface area (Å²) in [6.45, 7) is 1.51. The summed E-state index contributed by atoms with van der Waals surface area (Å²) in [7, 11) is 0. The van der Waals surface area contributed by atoms with Gasteiger partial charge in [-0.1, -0.05) is 45.7 Å². The Morgan fingerprint density at radius 3 is 2.68 bits per heavy atom. The van der Waals surface area contributed by atoms with Crippen LogP contribution in [-0.2, 0) is 0 Å². The van der Waals surface area contributed by atoms with Crippen molar-refractivity contribution in [3.8, 4) is 5.75 Å². The zero-order valence-electron chi connectivity index (χ0n) is 10.4. The Morgan fingerprint density at radius 2 is 1.89 bits per heavy atom. The van der Waals surface area contributed by atoms with Crippen LogP contribution < -0.4 is 10.1 Å². The molecule has 0 spiro atoms. The number of anilines is 1. The first-order valence-corrected chi connectivity index (χ1v) is 7.29. The third kappa shape index (κ3) is 4.77. The van der Waals surface area contributed by atoms with Gasteiger partial charge in [-0.05, 0) is 36.8 Å². The van der Waals surface area contributed by atoms with Crippen LogP contribution in [0.5, 0.6) is 5.75 Å². The van der Waals surface area contributed by atoms with Gasteiger partial charge in [-0.25, -0.2) is 0 Å². The maximum absolute atomic E-state index is 6.04. The SMILES string of the molecule is Clc1ccc(Br)cc1OCCCNc1ccccc1. The molecule has 0 bridgehead atoms. The van der Waals surface area contributed by atoms with Crippen LogP contribution in [0.25, 0.3) is 0 Å². The van der Waals surface area contributed by atoms with E-state index in [0.717, 1.165) is 28.9 Å². The molecule has 0 aliphatic carbocycles. The fraction of sp³-hybridized carbons (Fsp3) is 0.200. The summed E-state index contributed by atoms with van der Waals surface area (Å²) in [5.41, 5.74) is 1.13. The summed E-state index contributed by atoms with van der Waals surface area (Å²) in [5.74, 6) is 0.718. The highest BCUT2D eigenvalue weighted by Gasteiger charge is 2.01. The molecule has 19 heavy (non-hydrogen) atoms. The minimum atomic E-state index is 0.635. The highest BCUT2D eigenvalue weighted by Crippen LogP contribution is 2.27. The number of halogens is 2. The summed E-state index contributed by atoms with van der Waals surface area (Å²) in [6.07, 6.45) is 0.914. The molecule has 0 heterocycles. The molecule has 0 fully saturated rings. The molecule has 0 aromatic heterocycles. The summed E-state index contributed by atoms with van der Waals surface area (Å²) >= 11 is 9.44. The predicted octanol–water partition coefficient (Wildman–Crippen LogP) is 4.98. The Bertz CT molecular complexity index is 519. The average Bonchev–Trinajstić information content (AvgIpc) is 2.43. The van der Waals surface area contributed by atoms with Crippen LogP contribution in [0.15, 0.2) is 53.0 Å². The molecule has 0 unspecified atom stereocenters. The van der Waals surface area contributed by atoms with Crippen molar-refractivity contribution >= 4 is 33.2 Å². The normalized spacial score (nSPS) is 10.2. The van der Waals surface area contributed by atoms with Crippen molar-refractivity contribution in [2.45, 2.75) is 6.42 Å². The fourth-order valence-corrected chi connectivity index (χ4v) is 2.14. The van der Waals surface area contributed by atoms with Gasteiger partial charge in [-0.15, -0.1) is 0 Å². The molecule has 2 rings (SSSR count). The van der Waals surface area contributed by atoms with Gasteiger partial charge < -0.3 is 10.1 Å². The monoisotopic (exact) mass is 339 g/mol. The zero-order chi connectivity index (χ0) is 13.5. The van der Waals surface area contributed by atoms with Crippen molar-refractivity contribution in [3.05, 3.63) is 58.0 Å². The molecule has 100 valence electrons. The van der Waals surface area contributed by atoms with Gasteiger partial charge in [0, 0.05) is 16.7 Å². The van der Waals surface area contributed by atoms with Crippen LogP contribution in [0.4, 0.5) is 5.69 Å². The average molecular weight is 341 g/mol. The third-order valence-corrected chi connectivity index (χ3v) is 3.38. The van der Waals surface area contributed by atoms with Crippen LogP contribution in [0, 0.1) is 0 Å². The molecule has 2 aromatic rings. The topological polar surface area (TPSA) is 21.3 Å². The smallest absolute Gasteiger partial charge is 0.139 e. The van der Waals surface area contributed by atoms with Crippen LogP contribution in [-0.4, -0.2) is 13.2 Å². The number of hydrogen-bond acceptors (Lipinski definition) is 2. The third-order valence-electron chi connectivity index (χ3n) is 2.57. The Balaban J connectivity index is 1.71. The van der Waals surface area contributed by atoms with Crippen molar-refractivity contribution < 1.29 is 4.74 Å². The minimum absolute atomic E-state index is 0.635. The highest BCUT2D eigenvalue weighted by atomic mass is 79.9. The van der Waals surface area contributed by atoms with Gasteiger partial charge in [0.1, 0.15) is 5.75 Å². The molecule has 0 radical (unpaired) electrons. The van der Waals surface area contributed by atoms with Gasteiger partial charge >= 0.3 is 0 Å². The Kier molecular flexibility index (Phi) is 5.55. The lowest BCUT2D eigenvalue weighted by molar-refractivity contribution is 0.315. The van der Waals surface area contributed by atoms with Crippen molar-refractivity contribution in [1.82, 2.24) is 0 Å². The quantitative estimate of drug-likeness (QED) is 0.749. The van der Waals surface area contributed by atoms with Crippen LogP contribution in [0.1, 0.15) is 6.42 Å². The molecule has 2 nitrogen and oxygen atoms in total. The number of hydrogen-bond donors (Lipinski definition) is 1. The van der Waals surface area contributed by atoms with E-state index in [9.17, 15) is 0 Å². The Hall–Kier alpha value is -1.19. The second-order valence-corrected chi connectivity index (χ2v) is 5.39. The van der Waals surface area contributed by atoms with Gasteiger partial charge in [0.25, 0.3) is 0 Å². The molecule has 2 aromatic carbocycles. The number of nitrogens with one attached hydrogen (secondary N) is 1. The lowest BCUT2D eigenvalue weighted by Gasteiger charge is -2.09. The second-order valence-electron chi connectivity index (χ2n) is 4.07. The van der Waals surface area contributed by atoms with E-state index >= 15 is 0 Å². The summed E-state index contributed by atoms with van der Waals surface area (Å²) in [5, 5.41) is 3.97. The first kappa shape index (κ1) is 14.2. The summed E-state index contributed by atoms with van der Waals surface area (Å²) in [4.78, 5) is 0. The van der Waals surface area contributed by atoms with Crippen molar-refractivity contribution in [2.24, 2.45) is 0 Å². The molecule has 0 atom stereocenters. The van der Waals surface area contributed by atoms with E-state index in [2.05, 4.69) is 21.2 Å². The van der Waals surface area contributed by atoms with E-state index in [1.807, 2.05) is 48.5 Å². The first-order chi connectivity index (χ1) is 9.25. The Morgan fingerprint density at radius 1 is 1.11 bits per heavy atom. The second kappa shape index (κ2) is 7.41. The van der Waals surface area contributed by atoms with Crippen molar-refractivity contribution in [3.63, 3.8) is 0 Å². The molecule has 0 aliphatic rings. The van der Waals surface area contributed by atoms with Crippen molar-refractivity contribution in [1.29, 1.82) is 0 Å². The molecular formula is C15H15BrClNO. The van der Waals surface area contributed by atoms with E-state index in [4.69, 9.17) is 16.3 Å². The molecule has 0 amide bonds. The lowest BCUT2D eigenvalue weighted by atomic mass is 10.3.